The summed E-state index contributed by atoms with van der Waals surface area (Å²) in [4.78, 5) is 23.6. The van der Waals surface area contributed by atoms with Crippen molar-refractivity contribution in [3.05, 3.63) is 69.8 Å². The minimum absolute atomic E-state index is 0.217. The number of carbonyl (C=O) groups is 2. The standard InChI is InChI=1S/C20H32O2.C20H24O2/c2*1-4-6-8-10-12-17-14-18(13-11-9-7-5-2)16-19(15-17)20(21)22-3/h14-16H,4-13H2,1-3H3;14-16H,4-9H2,1-3H3. The second-order valence-electron chi connectivity index (χ2n) is 11.3. The number of hydrogen-bond donors (Lipinski definition) is 0. The topological polar surface area (TPSA) is 52.6 Å². The second-order valence-corrected chi connectivity index (χ2v) is 11.3. The van der Waals surface area contributed by atoms with E-state index in [0.717, 1.165) is 62.5 Å². The summed E-state index contributed by atoms with van der Waals surface area (Å²) >= 11 is 0. The van der Waals surface area contributed by atoms with Gasteiger partial charge >= 0.3 is 11.9 Å². The fraction of sp³-hybridized carbons (Fsp3) is 0.550. The van der Waals surface area contributed by atoms with E-state index in [-0.39, 0.29) is 11.9 Å². The molecule has 0 radical (unpaired) electrons. The molecule has 4 nitrogen and oxygen atoms in total. The van der Waals surface area contributed by atoms with Crippen LogP contribution in [0.4, 0.5) is 0 Å². The molecule has 0 fully saturated rings. The van der Waals surface area contributed by atoms with Gasteiger partial charge in [0.05, 0.1) is 25.3 Å². The Morgan fingerprint density at radius 3 is 1.32 bits per heavy atom. The highest BCUT2D eigenvalue weighted by atomic mass is 16.5. The van der Waals surface area contributed by atoms with Crippen molar-refractivity contribution in [3.63, 3.8) is 0 Å². The highest BCUT2D eigenvalue weighted by Gasteiger charge is 2.09. The number of rotatable bonds is 16. The van der Waals surface area contributed by atoms with Crippen LogP contribution in [0.5, 0.6) is 0 Å². The van der Waals surface area contributed by atoms with E-state index < -0.39 is 0 Å². The van der Waals surface area contributed by atoms with Crippen LogP contribution >= 0.6 is 0 Å². The molecule has 2 aromatic rings. The number of aryl methyl sites for hydroxylation is 2. The van der Waals surface area contributed by atoms with Gasteiger partial charge in [-0.2, -0.15) is 0 Å². The Balaban J connectivity index is 0.000000440. The van der Waals surface area contributed by atoms with E-state index in [1.807, 2.05) is 18.2 Å². The fourth-order valence-corrected chi connectivity index (χ4v) is 4.67. The molecule has 0 N–H and O–H groups in total. The molecule has 2 aromatic carbocycles. The third-order valence-corrected chi connectivity index (χ3v) is 7.24. The van der Waals surface area contributed by atoms with Gasteiger partial charge in [-0.05, 0) is 80.0 Å². The second kappa shape index (κ2) is 24.9. The van der Waals surface area contributed by atoms with Crippen molar-refractivity contribution < 1.29 is 19.1 Å². The lowest BCUT2D eigenvalue weighted by Crippen LogP contribution is -2.04. The van der Waals surface area contributed by atoms with Gasteiger partial charge in [-0.25, -0.2) is 9.59 Å². The summed E-state index contributed by atoms with van der Waals surface area (Å²) < 4.78 is 9.69. The highest BCUT2D eigenvalue weighted by Crippen LogP contribution is 2.17. The molecule has 0 aromatic heterocycles. The Kier molecular flexibility index (Phi) is 21.8. The molecule has 0 aliphatic heterocycles. The van der Waals surface area contributed by atoms with Gasteiger partial charge in [-0.3, -0.25) is 0 Å². The molecule has 0 heterocycles. The molecule has 4 heteroatoms. The summed E-state index contributed by atoms with van der Waals surface area (Å²) in [7, 11) is 2.84. The van der Waals surface area contributed by atoms with Crippen LogP contribution < -0.4 is 0 Å². The molecule has 0 aliphatic rings. The van der Waals surface area contributed by atoms with Crippen LogP contribution in [0.15, 0.2) is 36.4 Å². The number of methoxy groups -OCH3 is 2. The SMILES string of the molecule is CCCCC#Cc1cc(C#CCCCC)cc(C(=O)OC)c1.CCCCCCc1cc(CCCCCC)cc(C(=O)OC)c1. The molecule has 44 heavy (non-hydrogen) atoms. The van der Waals surface area contributed by atoms with Crippen molar-refractivity contribution in [3.8, 4) is 23.7 Å². The zero-order valence-electron chi connectivity index (χ0n) is 28.4. The van der Waals surface area contributed by atoms with Crippen LogP contribution in [0.1, 0.15) is 161 Å². The molecule has 0 saturated heterocycles. The van der Waals surface area contributed by atoms with Crippen molar-refractivity contribution in [1.82, 2.24) is 0 Å². The number of hydrogen-bond acceptors (Lipinski definition) is 4. The van der Waals surface area contributed by atoms with Crippen LogP contribution in [-0.4, -0.2) is 26.2 Å². The number of ether oxygens (including phenoxy) is 2. The number of esters is 2. The predicted molar refractivity (Wildman–Crippen MR) is 184 cm³/mol. The highest BCUT2D eigenvalue weighted by molar-refractivity contribution is 5.90. The van der Waals surface area contributed by atoms with Crippen LogP contribution in [0, 0.1) is 23.7 Å². The van der Waals surface area contributed by atoms with Crippen molar-refractivity contribution in [2.45, 2.75) is 130 Å². The van der Waals surface area contributed by atoms with Crippen LogP contribution in [0.3, 0.4) is 0 Å². The van der Waals surface area contributed by atoms with Crippen LogP contribution in [-0.2, 0) is 22.3 Å². The van der Waals surface area contributed by atoms with Gasteiger partial charge in [0, 0.05) is 24.0 Å². The van der Waals surface area contributed by atoms with Crippen molar-refractivity contribution in [2.24, 2.45) is 0 Å². The van der Waals surface area contributed by atoms with E-state index >= 15 is 0 Å². The monoisotopic (exact) mass is 600 g/mol. The first kappa shape index (κ1) is 38.5. The van der Waals surface area contributed by atoms with Gasteiger partial charge in [-0.15, -0.1) is 0 Å². The molecule has 0 unspecified atom stereocenters. The van der Waals surface area contributed by atoms with Crippen molar-refractivity contribution >= 4 is 11.9 Å². The smallest absolute Gasteiger partial charge is 0.337 e. The largest absolute Gasteiger partial charge is 0.465 e. The average Bonchev–Trinajstić information content (AvgIpc) is 3.05. The van der Waals surface area contributed by atoms with Gasteiger partial charge in [-0.1, -0.05) is 109 Å². The zero-order valence-corrected chi connectivity index (χ0v) is 28.4. The Labute approximate surface area is 268 Å². The molecule has 0 spiro atoms. The molecule has 0 saturated carbocycles. The normalized spacial score (nSPS) is 9.95. The first-order valence-electron chi connectivity index (χ1n) is 16.8. The third kappa shape index (κ3) is 17.0. The van der Waals surface area contributed by atoms with E-state index in [2.05, 4.69) is 57.4 Å². The molecular weight excluding hydrogens is 544 g/mol. The van der Waals surface area contributed by atoms with E-state index in [0.29, 0.717) is 11.1 Å². The molecule has 0 amide bonds. The summed E-state index contributed by atoms with van der Waals surface area (Å²) in [5.41, 5.74) is 5.41. The number of carbonyl (C=O) groups excluding carboxylic acids is 2. The maximum Gasteiger partial charge on any atom is 0.337 e. The Morgan fingerprint density at radius 2 is 0.932 bits per heavy atom. The van der Waals surface area contributed by atoms with Gasteiger partial charge in [0.15, 0.2) is 0 Å². The van der Waals surface area contributed by atoms with E-state index in [1.165, 1.54) is 76.7 Å². The maximum atomic E-state index is 11.8. The minimum Gasteiger partial charge on any atom is -0.465 e. The first-order valence-corrected chi connectivity index (χ1v) is 16.8. The number of unbranched alkanes of at least 4 members (excludes halogenated alkanes) is 10. The lowest BCUT2D eigenvalue weighted by Gasteiger charge is -2.09. The number of benzene rings is 2. The molecule has 0 aliphatic carbocycles. The third-order valence-electron chi connectivity index (χ3n) is 7.24. The van der Waals surface area contributed by atoms with E-state index in [4.69, 9.17) is 9.47 Å². The van der Waals surface area contributed by atoms with Gasteiger partial charge in [0.1, 0.15) is 0 Å². The first-order chi connectivity index (χ1) is 21.4. The lowest BCUT2D eigenvalue weighted by atomic mass is 9.97. The van der Waals surface area contributed by atoms with Crippen molar-refractivity contribution in [1.29, 1.82) is 0 Å². The van der Waals surface area contributed by atoms with Gasteiger partial charge in [0.25, 0.3) is 0 Å². The molecule has 2 rings (SSSR count). The molecule has 0 atom stereocenters. The minimum atomic E-state index is -0.353. The fourth-order valence-electron chi connectivity index (χ4n) is 4.67. The van der Waals surface area contributed by atoms with Crippen LogP contribution in [0.2, 0.25) is 0 Å². The summed E-state index contributed by atoms with van der Waals surface area (Å²) in [6.07, 6.45) is 18.3. The van der Waals surface area contributed by atoms with E-state index in [9.17, 15) is 9.59 Å². The summed E-state index contributed by atoms with van der Waals surface area (Å²) in [5.74, 6) is 11.9. The predicted octanol–water partition coefficient (Wildman–Crippen LogP) is 10.3. The van der Waals surface area contributed by atoms with Crippen molar-refractivity contribution in [2.75, 3.05) is 14.2 Å². The average molecular weight is 601 g/mol. The zero-order chi connectivity index (χ0) is 32.4. The molecule has 0 bridgehead atoms. The summed E-state index contributed by atoms with van der Waals surface area (Å²) in [6, 6.07) is 11.8. The van der Waals surface area contributed by atoms with Gasteiger partial charge < -0.3 is 9.47 Å². The Morgan fingerprint density at radius 1 is 0.523 bits per heavy atom. The summed E-state index contributed by atoms with van der Waals surface area (Å²) in [6.45, 7) is 8.74. The lowest BCUT2D eigenvalue weighted by molar-refractivity contribution is 0.0591. The maximum absolute atomic E-state index is 11.8. The summed E-state index contributed by atoms with van der Waals surface area (Å²) in [5, 5.41) is 0. The Hall–Kier alpha value is -3.50. The van der Waals surface area contributed by atoms with Gasteiger partial charge in [0.2, 0.25) is 0 Å². The van der Waals surface area contributed by atoms with Crippen LogP contribution in [0.25, 0.3) is 0 Å². The van der Waals surface area contributed by atoms with E-state index in [1.54, 1.807) is 12.1 Å². The molecular formula is C40H56O4. The quantitative estimate of drug-likeness (QED) is 0.109. The Bertz CT molecular complexity index is 1160. The molecule has 240 valence electrons.